The summed E-state index contributed by atoms with van der Waals surface area (Å²) in [7, 11) is 0. The number of hydrogen-bond donors (Lipinski definition) is 0. The Morgan fingerprint density at radius 2 is 1.63 bits per heavy atom. The molecule has 0 fully saturated rings. The van der Waals surface area contributed by atoms with Gasteiger partial charge in [0.05, 0.1) is 21.3 Å². The number of halogens is 2. The number of fused-ring (bicyclic) bond motifs is 1. The normalized spacial score (nSPS) is 11.3. The maximum atomic E-state index is 12.3. The van der Waals surface area contributed by atoms with Gasteiger partial charge in [0.1, 0.15) is 5.58 Å². The number of benzene rings is 3. The predicted octanol–water partition coefficient (Wildman–Crippen LogP) is 6.52. The largest absolute Gasteiger partial charge is 0.422 e. The van der Waals surface area contributed by atoms with Crippen LogP contribution in [0, 0.1) is 0 Å². The summed E-state index contributed by atoms with van der Waals surface area (Å²) in [5.74, 6) is 0. The van der Waals surface area contributed by atoms with E-state index in [0.717, 1.165) is 22.2 Å². The number of nitrogens with zero attached hydrogens (tertiary/aromatic N) is 1. The molecule has 0 saturated heterocycles. The second-order valence-electron chi connectivity index (χ2n) is 5.96. The molecule has 0 aliphatic heterocycles. The molecule has 132 valence electrons. The first-order valence-corrected chi connectivity index (χ1v) is 8.98. The third kappa shape index (κ3) is 3.80. The molecule has 3 aromatic carbocycles. The monoisotopic (exact) mass is 393 g/mol. The zero-order chi connectivity index (χ0) is 18.8. The molecular formula is C22H13Cl2NO2. The molecule has 0 aliphatic carbocycles. The Labute approximate surface area is 165 Å². The molecule has 0 radical (unpaired) electrons. The lowest BCUT2D eigenvalue weighted by molar-refractivity contribution is 0.563. The van der Waals surface area contributed by atoms with E-state index in [1.807, 2.05) is 54.6 Å². The summed E-state index contributed by atoms with van der Waals surface area (Å²) in [4.78, 5) is 16.7. The molecule has 1 heterocycles. The van der Waals surface area contributed by atoms with Gasteiger partial charge in [-0.25, -0.2) is 4.79 Å². The highest BCUT2D eigenvalue weighted by molar-refractivity contribution is 6.42. The summed E-state index contributed by atoms with van der Waals surface area (Å²) in [5.41, 5.74) is 3.13. The maximum Gasteiger partial charge on any atom is 0.344 e. The van der Waals surface area contributed by atoms with Crippen LogP contribution in [0.15, 0.2) is 87.0 Å². The Morgan fingerprint density at radius 3 is 2.41 bits per heavy atom. The number of rotatable bonds is 3. The standard InChI is InChI=1S/C22H13Cl2NO2/c23-19-10-5-14(11-20(19)24)13-25-17-8-6-15(7-9-17)18-12-16-3-1-2-4-21(16)27-22(18)26/h1-13H. The zero-order valence-corrected chi connectivity index (χ0v) is 15.5. The average molecular weight is 394 g/mol. The Morgan fingerprint density at radius 1 is 0.852 bits per heavy atom. The highest BCUT2D eigenvalue weighted by atomic mass is 35.5. The quantitative estimate of drug-likeness (QED) is 0.293. The summed E-state index contributed by atoms with van der Waals surface area (Å²) < 4.78 is 5.40. The van der Waals surface area contributed by atoms with Gasteiger partial charge in [0.2, 0.25) is 0 Å². The number of aliphatic imine (C=N–C) groups is 1. The van der Waals surface area contributed by atoms with Crippen LogP contribution in [0.3, 0.4) is 0 Å². The van der Waals surface area contributed by atoms with Crippen LogP contribution in [0.2, 0.25) is 10.0 Å². The average Bonchev–Trinajstić information content (AvgIpc) is 2.69. The summed E-state index contributed by atoms with van der Waals surface area (Å²) in [6.45, 7) is 0. The van der Waals surface area contributed by atoms with Gasteiger partial charge in [-0.1, -0.05) is 59.6 Å². The molecular weight excluding hydrogens is 381 g/mol. The van der Waals surface area contributed by atoms with Crippen molar-refractivity contribution in [2.75, 3.05) is 0 Å². The number of hydrogen-bond acceptors (Lipinski definition) is 3. The van der Waals surface area contributed by atoms with E-state index in [4.69, 9.17) is 27.6 Å². The smallest absolute Gasteiger partial charge is 0.344 e. The minimum Gasteiger partial charge on any atom is -0.422 e. The van der Waals surface area contributed by atoms with Crippen LogP contribution in [0.4, 0.5) is 5.69 Å². The lowest BCUT2D eigenvalue weighted by Crippen LogP contribution is -2.02. The molecule has 0 N–H and O–H groups in total. The molecule has 5 heteroatoms. The van der Waals surface area contributed by atoms with E-state index in [0.29, 0.717) is 21.2 Å². The van der Waals surface area contributed by atoms with Crippen LogP contribution in [0.1, 0.15) is 5.56 Å². The van der Waals surface area contributed by atoms with Gasteiger partial charge in [-0.3, -0.25) is 4.99 Å². The SMILES string of the molecule is O=c1oc2ccccc2cc1-c1ccc(N=Cc2ccc(Cl)c(Cl)c2)cc1. The van der Waals surface area contributed by atoms with E-state index in [2.05, 4.69) is 4.99 Å². The minimum atomic E-state index is -0.360. The van der Waals surface area contributed by atoms with Gasteiger partial charge < -0.3 is 4.42 Å². The van der Waals surface area contributed by atoms with Crippen LogP contribution in [-0.2, 0) is 0 Å². The van der Waals surface area contributed by atoms with Crippen molar-refractivity contribution in [3.63, 3.8) is 0 Å². The fourth-order valence-corrected chi connectivity index (χ4v) is 3.04. The van der Waals surface area contributed by atoms with Gasteiger partial charge in [-0.05, 0) is 47.5 Å². The van der Waals surface area contributed by atoms with E-state index < -0.39 is 0 Å². The molecule has 0 unspecified atom stereocenters. The van der Waals surface area contributed by atoms with Crippen molar-refractivity contribution < 1.29 is 4.42 Å². The van der Waals surface area contributed by atoms with Crippen molar-refractivity contribution in [3.8, 4) is 11.1 Å². The first-order chi connectivity index (χ1) is 13.1. The maximum absolute atomic E-state index is 12.3. The molecule has 0 amide bonds. The van der Waals surface area contributed by atoms with Crippen molar-refractivity contribution in [2.45, 2.75) is 0 Å². The van der Waals surface area contributed by atoms with Crippen molar-refractivity contribution in [1.82, 2.24) is 0 Å². The summed E-state index contributed by atoms with van der Waals surface area (Å²) >= 11 is 11.9. The first kappa shape index (κ1) is 17.5. The third-order valence-corrected chi connectivity index (χ3v) is 4.87. The minimum absolute atomic E-state index is 0.360. The van der Waals surface area contributed by atoms with Crippen LogP contribution < -0.4 is 5.63 Å². The van der Waals surface area contributed by atoms with Crippen LogP contribution in [-0.4, -0.2) is 6.21 Å². The predicted molar refractivity (Wildman–Crippen MR) is 112 cm³/mol. The zero-order valence-electron chi connectivity index (χ0n) is 14.0. The Bertz CT molecular complexity index is 1210. The molecule has 0 saturated carbocycles. The van der Waals surface area contributed by atoms with Crippen LogP contribution in [0.5, 0.6) is 0 Å². The van der Waals surface area contributed by atoms with E-state index in [1.165, 1.54) is 0 Å². The fourth-order valence-electron chi connectivity index (χ4n) is 2.73. The van der Waals surface area contributed by atoms with E-state index in [9.17, 15) is 4.79 Å². The Hall–Kier alpha value is -2.88. The Kier molecular flexibility index (Phi) is 4.80. The van der Waals surface area contributed by atoms with Crippen LogP contribution >= 0.6 is 23.2 Å². The summed E-state index contributed by atoms with van der Waals surface area (Å²) in [6.07, 6.45) is 1.71. The molecule has 27 heavy (non-hydrogen) atoms. The molecule has 0 bridgehead atoms. The fraction of sp³-hybridized carbons (Fsp3) is 0. The van der Waals surface area contributed by atoms with Crippen molar-refractivity contribution >= 4 is 46.1 Å². The van der Waals surface area contributed by atoms with Crippen molar-refractivity contribution in [2.24, 2.45) is 4.99 Å². The van der Waals surface area contributed by atoms with Crippen LogP contribution in [0.25, 0.3) is 22.1 Å². The van der Waals surface area contributed by atoms with Crippen molar-refractivity contribution in [1.29, 1.82) is 0 Å². The van der Waals surface area contributed by atoms with Gasteiger partial charge in [0.15, 0.2) is 0 Å². The third-order valence-electron chi connectivity index (χ3n) is 4.13. The molecule has 0 spiro atoms. The highest BCUT2D eigenvalue weighted by Gasteiger charge is 2.07. The van der Waals surface area contributed by atoms with E-state index in [1.54, 1.807) is 24.4 Å². The van der Waals surface area contributed by atoms with Gasteiger partial charge in [-0.15, -0.1) is 0 Å². The first-order valence-electron chi connectivity index (χ1n) is 8.22. The number of para-hydroxylation sites is 1. The lowest BCUT2D eigenvalue weighted by atomic mass is 10.1. The van der Waals surface area contributed by atoms with Crippen molar-refractivity contribution in [3.05, 3.63) is 98.8 Å². The molecule has 1 aromatic heterocycles. The highest BCUT2D eigenvalue weighted by Crippen LogP contribution is 2.24. The van der Waals surface area contributed by atoms with Gasteiger partial charge >= 0.3 is 5.63 Å². The Balaban J connectivity index is 1.62. The van der Waals surface area contributed by atoms with E-state index in [-0.39, 0.29) is 5.63 Å². The second-order valence-corrected chi connectivity index (χ2v) is 6.78. The molecule has 0 aliphatic rings. The van der Waals surface area contributed by atoms with Gasteiger partial charge in [0.25, 0.3) is 0 Å². The topological polar surface area (TPSA) is 42.6 Å². The lowest BCUT2D eigenvalue weighted by Gasteiger charge is -2.03. The summed E-state index contributed by atoms with van der Waals surface area (Å²) in [5, 5.41) is 1.88. The molecule has 3 nitrogen and oxygen atoms in total. The molecule has 4 rings (SSSR count). The second kappa shape index (κ2) is 7.39. The van der Waals surface area contributed by atoms with E-state index >= 15 is 0 Å². The molecule has 4 aromatic rings. The van der Waals surface area contributed by atoms with Gasteiger partial charge in [0, 0.05) is 11.6 Å². The molecule has 0 atom stereocenters. The van der Waals surface area contributed by atoms with Gasteiger partial charge in [-0.2, -0.15) is 0 Å². The summed E-state index contributed by atoms with van der Waals surface area (Å²) in [6, 6.07) is 22.0.